The Morgan fingerprint density at radius 1 is 1.15 bits per heavy atom. The Hall–Kier alpha value is -3.25. The highest BCUT2D eigenvalue weighted by Crippen LogP contribution is 2.35. The third-order valence-corrected chi connectivity index (χ3v) is 6.62. The van der Waals surface area contributed by atoms with Gasteiger partial charge < -0.3 is 23.9 Å². The zero-order valence-corrected chi connectivity index (χ0v) is 19.0. The van der Waals surface area contributed by atoms with Gasteiger partial charge in [0.2, 0.25) is 5.78 Å². The molecule has 0 unspecified atom stereocenters. The van der Waals surface area contributed by atoms with Gasteiger partial charge in [-0.1, -0.05) is 24.3 Å². The fourth-order valence-electron chi connectivity index (χ4n) is 4.87. The van der Waals surface area contributed by atoms with Crippen LogP contribution >= 0.6 is 0 Å². The van der Waals surface area contributed by atoms with Crippen molar-refractivity contribution in [1.29, 1.82) is 0 Å². The number of benzene rings is 2. The first-order chi connectivity index (χ1) is 16.0. The number of aromatic nitrogens is 1. The fourth-order valence-corrected chi connectivity index (χ4v) is 4.87. The van der Waals surface area contributed by atoms with Crippen LogP contribution in [0, 0.1) is 13.8 Å². The summed E-state index contributed by atoms with van der Waals surface area (Å²) in [4.78, 5) is 13.0. The zero-order chi connectivity index (χ0) is 22.9. The first-order valence-electron chi connectivity index (χ1n) is 11.5. The molecule has 0 amide bonds. The van der Waals surface area contributed by atoms with Gasteiger partial charge in [-0.2, -0.15) is 0 Å². The zero-order valence-electron chi connectivity index (χ0n) is 19.0. The number of carbonyl (C=O) groups is 1. The molecule has 2 heterocycles. The number of ketones is 1. The Morgan fingerprint density at radius 3 is 2.82 bits per heavy atom. The summed E-state index contributed by atoms with van der Waals surface area (Å²) < 4.78 is 20.0. The Bertz CT molecular complexity index is 1180. The molecule has 3 aromatic rings. The average molecular weight is 448 g/mol. The summed E-state index contributed by atoms with van der Waals surface area (Å²) in [5, 5.41) is 10.3. The number of Topliss-reactive ketones (excluding diaryl/α,β-unsaturated/α-hetero) is 1. The van der Waals surface area contributed by atoms with Crippen molar-refractivity contribution in [3.63, 3.8) is 0 Å². The van der Waals surface area contributed by atoms with Gasteiger partial charge in [0.25, 0.3) is 0 Å². The number of aliphatic hydroxyl groups is 1. The molecule has 1 aliphatic heterocycles. The summed E-state index contributed by atoms with van der Waals surface area (Å²) in [5.74, 6) is 2.14. The molecule has 172 valence electrons. The predicted octanol–water partition coefficient (Wildman–Crippen LogP) is 4.58. The van der Waals surface area contributed by atoms with Crippen molar-refractivity contribution in [3.05, 3.63) is 76.6 Å². The van der Waals surface area contributed by atoms with Gasteiger partial charge in [-0.05, 0) is 68.5 Å². The van der Waals surface area contributed by atoms with Crippen LogP contribution in [0.15, 0.2) is 48.5 Å². The number of hydrogen-bond acceptors (Lipinski definition) is 5. The van der Waals surface area contributed by atoms with E-state index >= 15 is 0 Å². The second-order valence-electron chi connectivity index (χ2n) is 8.84. The molecule has 0 saturated carbocycles. The van der Waals surface area contributed by atoms with Gasteiger partial charge in [0.1, 0.15) is 12.4 Å². The Labute approximate surface area is 193 Å². The molecule has 1 N–H and O–H groups in total. The molecule has 0 fully saturated rings. The van der Waals surface area contributed by atoms with Crippen LogP contribution in [0.1, 0.15) is 51.8 Å². The summed E-state index contributed by atoms with van der Waals surface area (Å²) in [7, 11) is 0. The van der Waals surface area contributed by atoms with Crippen LogP contribution in [0.3, 0.4) is 0 Å². The minimum absolute atomic E-state index is 0.0345. The Kier molecular flexibility index (Phi) is 5.85. The molecule has 2 atom stereocenters. The van der Waals surface area contributed by atoms with Crippen molar-refractivity contribution in [1.82, 2.24) is 4.57 Å². The summed E-state index contributed by atoms with van der Waals surface area (Å²) in [6, 6.07) is 15.3. The van der Waals surface area contributed by atoms with Gasteiger partial charge in [0.15, 0.2) is 24.2 Å². The van der Waals surface area contributed by atoms with Gasteiger partial charge in [0, 0.05) is 17.0 Å². The van der Waals surface area contributed by atoms with Crippen molar-refractivity contribution in [3.8, 4) is 17.2 Å². The van der Waals surface area contributed by atoms with E-state index in [4.69, 9.17) is 14.2 Å². The number of aryl methyl sites for hydroxylation is 1. The predicted molar refractivity (Wildman–Crippen MR) is 124 cm³/mol. The highest BCUT2D eigenvalue weighted by atomic mass is 16.6. The topological polar surface area (TPSA) is 69.9 Å². The minimum atomic E-state index is -0.454. The van der Waals surface area contributed by atoms with Crippen LogP contribution in [0.25, 0.3) is 0 Å². The van der Waals surface area contributed by atoms with Gasteiger partial charge in [-0.15, -0.1) is 0 Å². The maximum absolute atomic E-state index is 13.0. The molecule has 6 heteroatoms. The number of hydrogen-bond donors (Lipinski definition) is 1. The molecule has 0 bridgehead atoms. The number of aliphatic hydroxyl groups excluding tert-OH is 1. The van der Waals surface area contributed by atoms with Gasteiger partial charge in [-0.3, -0.25) is 4.79 Å². The van der Waals surface area contributed by atoms with E-state index in [0.717, 1.165) is 53.3 Å². The Balaban J connectivity index is 1.28. The number of fused-ring (bicyclic) bond motifs is 2. The maximum Gasteiger partial charge on any atom is 0.202 e. The summed E-state index contributed by atoms with van der Waals surface area (Å²) >= 11 is 0. The van der Waals surface area contributed by atoms with E-state index in [2.05, 4.69) is 4.57 Å². The van der Waals surface area contributed by atoms with Gasteiger partial charge >= 0.3 is 0 Å². The first kappa shape index (κ1) is 21.6. The SMILES string of the molecule is Cc1cc(C(=O)COc2cccc3c2CCC[C@H]3O)c(C)n1C[C@@H]1COc2ccccc2O1. The monoisotopic (exact) mass is 447 g/mol. The number of rotatable bonds is 6. The second kappa shape index (κ2) is 8.94. The number of nitrogens with zero attached hydrogens (tertiary/aromatic N) is 1. The quantitative estimate of drug-likeness (QED) is 0.561. The lowest BCUT2D eigenvalue weighted by Gasteiger charge is -2.27. The van der Waals surface area contributed by atoms with E-state index < -0.39 is 6.10 Å². The minimum Gasteiger partial charge on any atom is -0.486 e. The maximum atomic E-state index is 13.0. The molecule has 5 rings (SSSR count). The largest absolute Gasteiger partial charge is 0.486 e. The average Bonchev–Trinajstić information content (AvgIpc) is 3.11. The van der Waals surface area contributed by atoms with E-state index in [-0.39, 0.29) is 18.5 Å². The number of carbonyl (C=O) groups excluding carboxylic acids is 1. The van der Waals surface area contributed by atoms with E-state index in [1.807, 2.05) is 62.4 Å². The first-order valence-corrected chi connectivity index (χ1v) is 11.5. The molecular weight excluding hydrogens is 418 g/mol. The standard InChI is InChI=1S/C27H29NO5/c1-17-13-22(18(2)28(17)14-19-15-31-26-10-3-4-11-27(26)33-19)24(30)16-32-25-12-6-7-20-21(25)8-5-9-23(20)29/h3-4,6-7,10-13,19,23,29H,5,8-9,14-16H2,1-2H3/t19-,23-/m1/s1. The van der Waals surface area contributed by atoms with E-state index in [0.29, 0.717) is 24.5 Å². The lowest BCUT2D eigenvalue weighted by Crippen LogP contribution is -2.33. The third-order valence-electron chi connectivity index (χ3n) is 6.62. The van der Waals surface area contributed by atoms with Crippen molar-refractivity contribution >= 4 is 5.78 Å². The normalized spacial score (nSPS) is 19.1. The van der Waals surface area contributed by atoms with Gasteiger partial charge in [0.05, 0.1) is 12.6 Å². The van der Waals surface area contributed by atoms with Crippen LogP contribution in [0.2, 0.25) is 0 Å². The number of para-hydroxylation sites is 2. The van der Waals surface area contributed by atoms with Crippen LogP contribution in [-0.4, -0.2) is 34.8 Å². The number of ether oxygens (including phenoxy) is 3. The molecule has 33 heavy (non-hydrogen) atoms. The molecule has 1 aliphatic carbocycles. The fraction of sp³-hybridized carbons (Fsp3) is 0.370. The van der Waals surface area contributed by atoms with Crippen molar-refractivity contribution in [2.24, 2.45) is 0 Å². The molecular formula is C27H29NO5. The summed E-state index contributed by atoms with van der Waals surface area (Å²) in [6.45, 7) is 4.98. The van der Waals surface area contributed by atoms with Crippen molar-refractivity contribution in [2.45, 2.75) is 51.9 Å². The van der Waals surface area contributed by atoms with Crippen LogP contribution in [0.5, 0.6) is 17.2 Å². The smallest absolute Gasteiger partial charge is 0.202 e. The van der Waals surface area contributed by atoms with Crippen molar-refractivity contribution < 1.29 is 24.1 Å². The van der Waals surface area contributed by atoms with Crippen LogP contribution < -0.4 is 14.2 Å². The summed E-state index contributed by atoms with van der Waals surface area (Å²) in [5.41, 5.74) is 4.49. The second-order valence-corrected chi connectivity index (χ2v) is 8.84. The Morgan fingerprint density at radius 2 is 1.97 bits per heavy atom. The molecule has 6 nitrogen and oxygen atoms in total. The van der Waals surface area contributed by atoms with Crippen LogP contribution in [-0.2, 0) is 13.0 Å². The highest BCUT2D eigenvalue weighted by Gasteiger charge is 2.25. The molecule has 0 radical (unpaired) electrons. The van der Waals surface area contributed by atoms with Crippen LogP contribution in [0.4, 0.5) is 0 Å². The third kappa shape index (κ3) is 4.23. The molecule has 0 spiro atoms. The lowest BCUT2D eigenvalue weighted by molar-refractivity contribution is 0.0777. The van der Waals surface area contributed by atoms with E-state index in [9.17, 15) is 9.90 Å². The molecule has 0 saturated heterocycles. The lowest BCUT2D eigenvalue weighted by atomic mass is 9.89. The summed E-state index contributed by atoms with van der Waals surface area (Å²) in [6.07, 6.45) is 1.96. The molecule has 2 aromatic carbocycles. The molecule has 2 aliphatic rings. The highest BCUT2D eigenvalue weighted by molar-refractivity contribution is 5.98. The van der Waals surface area contributed by atoms with E-state index in [1.54, 1.807) is 0 Å². The van der Waals surface area contributed by atoms with Crippen molar-refractivity contribution in [2.75, 3.05) is 13.2 Å². The van der Waals surface area contributed by atoms with Gasteiger partial charge in [-0.25, -0.2) is 0 Å². The molecule has 1 aromatic heterocycles. The van der Waals surface area contributed by atoms with E-state index in [1.165, 1.54) is 0 Å².